The van der Waals surface area contributed by atoms with Gasteiger partial charge in [0.1, 0.15) is 15.7 Å². The summed E-state index contributed by atoms with van der Waals surface area (Å²) >= 11 is 6.49. The molecule has 3 aromatic rings. The molecule has 286 valence electrons. The second kappa shape index (κ2) is 13.8. The van der Waals surface area contributed by atoms with E-state index < -0.39 is 27.0 Å². The van der Waals surface area contributed by atoms with Gasteiger partial charge in [0.05, 0.1) is 49.0 Å². The van der Waals surface area contributed by atoms with E-state index in [9.17, 15) is 9.59 Å². The SMILES string of the molecule is COC[C@@H]1Cn2cc(C(=O)NS3(=O)=NC(=O)c4ccc5c6c4[C@@H](/C=C/C[C@H](C)[C@H]3C)[C@@H]3CC[C@H]3CN6C[C@@]3(CCCc4cc(Cl)ccc43)CO5)cc2CO1. The molecule has 2 amide bonds. The van der Waals surface area contributed by atoms with Crippen LogP contribution in [0.15, 0.2) is 59.1 Å². The normalized spacial score (nSPS) is 33.2. The van der Waals surface area contributed by atoms with E-state index in [1.54, 1.807) is 19.4 Å². The van der Waals surface area contributed by atoms with E-state index in [1.807, 2.05) is 36.6 Å². The minimum atomic E-state index is -3.59. The van der Waals surface area contributed by atoms with Gasteiger partial charge in [-0.3, -0.25) is 14.3 Å². The zero-order valence-corrected chi connectivity index (χ0v) is 32.8. The highest BCUT2D eigenvalue weighted by Gasteiger charge is 2.49. The van der Waals surface area contributed by atoms with Gasteiger partial charge in [-0.15, -0.1) is 4.36 Å². The van der Waals surface area contributed by atoms with Crippen molar-refractivity contribution in [2.75, 3.05) is 38.3 Å². The number of fused-ring (bicyclic) bond motifs is 5. The first-order valence-corrected chi connectivity index (χ1v) is 21.4. The molecule has 5 heterocycles. The lowest BCUT2D eigenvalue weighted by molar-refractivity contribution is -0.0382. The molecule has 10 nitrogen and oxygen atoms in total. The van der Waals surface area contributed by atoms with Crippen LogP contribution >= 0.6 is 11.6 Å². The average Bonchev–Trinajstić information content (AvgIpc) is 3.47. The van der Waals surface area contributed by atoms with E-state index >= 15 is 4.21 Å². The Morgan fingerprint density at radius 3 is 2.85 bits per heavy atom. The molecule has 1 spiro atoms. The van der Waals surface area contributed by atoms with Crippen molar-refractivity contribution in [2.24, 2.45) is 22.1 Å². The first-order chi connectivity index (χ1) is 26.1. The summed E-state index contributed by atoms with van der Waals surface area (Å²) in [5.41, 5.74) is 5.88. The van der Waals surface area contributed by atoms with Crippen LogP contribution in [0.3, 0.4) is 0 Å². The number of aromatic nitrogens is 1. The minimum absolute atomic E-state index is 0.0176. The van der Waals surface area contributed by atoms with Crippen LogP contribution in [0.1, 0.15) is 95.0 Å². The minimum Gasteiger partial charge on any atom is -0.490 e. The molecule has 0 radical (unpaired) electrons. The lowest BCUT2D eigenvalue weighted by atomic mass is 9.65. The number of ether oxygens (including phenoxy) is 3. The number of anilines is 1. The van der Waals surface area contributed by atoms with Gasteiger partial charge in [0, 0.05) is 54.0 Å². The van der Waals surface area contributed by atoms with Crippen LogP contribution in [-0.4, -0.2) is 65.4 Å². The molecule has 0 saturated heterocycles. The topological polar surface area (TPSA) is 111 Å². The summed E-state index contributed by atoms with van der Waals surface area (Å²) < 4.78 is 42.4. The zero-order chi connectivity index (χ0) is 37.4. The Hall–Kier alpha value is -3.64. The zero-order valence-electron chi connectivity index (χ0n) is 31.2. The molecule has 12 heteroatoms. The van der Waals surface area contributed by atoms with E-state index in [2.05, 4.69) is 38.3 Å². The Labute approximate surface area is 322 Å². The lowest BCUT2D eigenvalue weighted by Gasteiger charge is -2.43. The number of carbonyl (C=O) groups is 2. The molecular weight excluding hydrogens is 724 g/mol. The van der Waals surface area contributed by atoms with Gasteiger partial charge in [0.15, 0.2) is 0 Å². The molecule has 6 aliphatic rings. The fraction of sp³-hybridized carbons (Fsp3) is 0.524. The Morgan fingerprint density at radius 1 is 1.17 bits per heavy atom. The van der Waals surface area contributed by atoms with Gasteiger partial charge >= 0.3 is 0 Å². The molecule has 1 unspecified atom stereocenters. The summed E-state index contributed by atoms with van der Waals surface area (Å²) in [6, 6.07) is 11.8. The van der Waals surface area contributed by atoms with Crippen molar-refractivity contribution in [3.8, 4) is 5.75 Å². The van der Waals surface area contributed by atoms with Crippen molar-refractivity contribution in [1.82, 2.24) is 9.29 Å². The summed E-state index contributed by atoms with van der Waals surface area (Å²) in [6.07, 6.45) is 12.0. The average molecular weight is 773 g/mol. The molecule has 2 aliphatic carbocycles. The number of nitrogens with one attached hydrogen (secondary N) is 1. The summed E-state index contributed by atoms with van der Waals surface area (Å²) in [5.74, 6) is 0.369. The number of aryl methyl sites for hydroxylation is 1. The molecule has 1 saturated carbocycles. The van der Waals surface area contributed by atoms with Gasteiger partial charge in [0.2, 0.25) is 0 Å². The fourth-order valence-electron chi connectivity index (χ4n) is 10.0. The van der Waals surface area contributed by atoms with Gasteiger partial charge in [-0.25, -0.2) is 4.21 Å². The van der Waals surface area contributed by atoms with Crippen molar-refractivity contribution in [2.45, 2.75) is 88.2 Å². The number of carbonyl (C=O) groups excluding carboxylic acids is 2. The van der Waals surface area contributed by atoms with Gasteiger partial charge < -0.3 is 23.7 Å². The van der Waals surface area contributed by atoms with Crippen LogP contribution in [0.4, 0.5) is 5.69 Å². The largest absolute Gasteiger partial charge is 0.490 e. The maximum atomic E-state index is 15.1. The highest BCUT2D eigenvalue weighted by Crippen LogP contribution is 2.56. The van der Waals surface area contributed by atoms with Gasteiger partial charge in [-0.1, -0.05) is 36.7 Å². The van der Waals surface area contributed by atoms with Gasteiger partial charge in [-0.05, 0) is 110 Å². The summed E-state index contributed by atoms with van der Waals surface area (Å²) in [5, 5.41) is 0.151. The summed E-state index contributed by atoms with van der Waals surface area (Å²) in [7, 11) is -1.96. The number of nitrogens with zero attached hydrogens (tertiary/aromatic N) is 3. The highest BCUT2D eigenvalue weighted by atomic mass is 35.5. The molecule has 1 aromatic heterocycles. The van der Waals surface area contributed by atoms with Crippen molar-refractivity contribution in [1.29, 1.82) is 0 Å². The summed E-state index contributed by atoms with van der Waals surface area (Å²) in [6.45, 7) is 7.37. The number of benzene rings is 2. The van der Waals surface area contributed by atoms with E-state index in [4.69, 9.17) is 25.8 Å². The van der Waals surface area contributed by atoms with Crippen LogP contribution in [-0.2, 0) is 44.4 Å². The van der Waals surface area contributed by atoms with Crippen LogP contribution in [0.5, 0.6) is 5.75 Å². The number of methoxy groups -OCH3 is 1. The molecule has 2 aromatic carbocycles. The van der Waals surface area contributed by atoms with Crippen molar-refractivity contribution < 1.29 is 28.0 Å². The van der Waals surface area contributed by atoms with E-state index in [0.29, 0.717) is 55.7 Å². The fourth-order valence-corrected chi connectivity index (χ4v) is 12.1. The lowest BCUT2D eigenvalue weighted by Crippen LogP contribution is -2.47. The Kier molecular flexibility index (Phi) is 9.23. The first kappa shape index (κ1) is 36.0. The highest BCUT2D eigenvalue weighted by molar-refractivity contribution is 7.93. The second-order valence-corrected chi connectivity index (χ2v) is 19.2. The Balaban J connectivity index is 1.12. The molecule has 9 rings (SSSR count). The number of hydrogen-bond acceptors (Lipinski definition) is 7. The molecular formula is C42H49ClN4O6S. The van der Waals surface area contributed by atoms with Crippen molar-refractivity contribution in [3.63, 3.8) is 0 Å². The first-order valence-electron chi connectivity index (χ1n) is 19.5. The van der Waals surface area contributed by atoms with Crippen LogP contribution in [0.25, 0.3) is 0 Å². The standard InChI is InChI=1S/C42H49ClN4O6S/c1-25-6-4-8-34-33-11-9-28(33)18-47-23-42(15-5-7-27-16-30(43)10-13-36(27)42)24-53-37-14-12-35(38(34)39(37)47)41(49)45-54(50,26(25)2)44-40(48)29-17-31-21-52-32(22-51-3)20-46(31)19-29/h4,8,10,12-14,16-17,19,25-26,28,32-34H,5-7,9,11,15,18,20-24H2,1-3H3,(H,44,45,48,49,50)/b8-4+/t25-,26+,28-,32-,33+,34-,42-,54?/m0/s1. The second-order valence-electron chi connectivity index (χ2n) is 16.5. The molecule has 8 atom stereocenters. The Bertz CT molecular complexity index is 2170. The van der Waals surface area contributed by atoms with Gasteiger partial charge in [0.25, 0.3) is 11.8 Å². The number of amides is 2. The Morgan fingerprint density at radius 2 is 2.04 bits per heavy atom. The van der Waals surface area contributed by atoms with Crippen molar-refractivity contribution in [3.05, 3.63) is 93.3 Å². The van der Waals surface area contributed by atoms with E-state index in [0.717, 1.165) is 72.9 Å². The van der Waals surface area contributed by atoms with Crippen LogP contribution < -0.4 is 14.4 Å². The van der Waals surface area contributed by atoms with E-state index in [-0.39, 0.29) is 23.4 Å². The number of allylic oxidation sites excluding steroid dienone is 2. The van der Waals surface area contributed by atoms with Crippen LogP contribution in [0.2, 0.25) is 5.02 Å². The number of rotatable bonds is 4. The third-order valence-electron chi connectivity index (χ3n) is 13.3. The molecule has 54 heavy (non-hydrogen) atoms. The monoisotopic (exact) mass is 772 g/mol. The molecule has 4 aliphatic heterocycles. The maximum absolute atomic E-state index is 15.1. The molecule has 1 N–H and O–H groups in total. The van der Waals surface area contributed by atoms with Crippen molar-refractivity contribution >= 4 is 39.0 Å². The third kappa shape index (κ3) is 6.10. The molecule has 1 fully saturated rings. The third-order valence-corrected chi connectivity index (χ3v) is 15.9. The van der Waals surface area contributed by atoms with Crippen LogP contribution in [0, 0.1) is 17.8 Å². The smallest absolute Gasteiger partial charge is 0.286 e. The quantitative estimate of drug-likeness (QED) is 0.279. The molecule has 0 bridgehead atoms. The number of hydrogen-bond donors (Lipinski definition) is 1. The summed E-state index contributed by atoms with van der Waals surface area (Å²) in [4.78, 5) is 31.1. The predicted octanol–water partition coefficient (Wildman–Crippen LogP) is 7.22. The predicted molar refractivity (Wildman–Crippen MR) is 209 cm³/mol. The number of halogens is 1. The van der Waals surface area contributed by atoms with E-state index in [1.165, 1.54) is 11.1 Å². The van der Waals surface area contributed by atoms with Gasteiger partial charge in [-0.2, -0.15) is 0 Å². The maximum Gasteiger partial charge on any atom is 0.286 e.